The summed E-state index contributed by atoms with van der Waals surface area (Å²) in [5.41, 5.74) is 7.24. The number of aliphatic hydroxyl groups is 1. The van der Waals surface area contributed by atoms with Gasteiger partial charge >= 0.3 is 0 Å². The first-order valence-corrected chi connectivity index (χ1v) is 13.8. The monoisotopic (exact) mass is 565 g/mol. The number of hydrogen-bond acceptors (Lipinski definition) is 7. The highest BCUT2D eigenvalue weighted by Crippen LogP contribution is 2.36. The van der Waals surface area contributed by atoms with Crippen LogP contribution in [0, 0.1) is 5.82 Å². The molecule has 9 nitrogen and oxygen atoms in total. The van der Waals surface area contributed by atoms with Crippen LogP contribution in [0.4, 0.5) is 10.1 Å². The van der Waals surface area contributed by atoms with Crippen molar-refractivity contribution in [3.05, 3.63) is 79.0 Å². The number of ether oxygens (including phenoxy) is 1. The van der Waals surface area contributed by atoms with Gasteiger partial charge in [0.15, 0.2) is 0 Å². The van der Waals surface area contributed by atoms with Crippen LogP contribution in [-0.4, -0.2) is 68.6 Å². The van der Waals surface area contributed by atoms with Crippen molar-refractivity contribution in [1.82, 2.24) is 30.0 Å². The third kappa shape index (κ3) is 5.67. The van der Waals surface area contributed by atoms with Crippen LogP contribution < -0.4 is 10.1 Å². The lowest BCUT2D eigenvalue weighted by molar-refractivity contribution is 0.199. The number of nitrogens with one attached hydrogen (secondary N) is 3. The Morgan fingerprint density at radius 3 is 2.71 bits per heavy atom. The van der Waals surface area contributed by atoms with Gasteiger partial charge in [0.05, 0.1) is 23.1 Å². The number of aromatic amines is 2. The number of rotatable bonds is 10. The lowest BCUT2D eigenvalue weighted by Gasteiger charge is -2.12. The van der Waals surface area contributed by atoms with E-state index in [0.29, 0.717) is 30.0 Å². The van der Waals surface area contributed by atoms with Gasteiger partial charge in [-0.05, 0) is 79.7 Å². The third-order valence-electron chi connectivity index (χ3n) is 7.13. The van der Waals surface area contributed by atoms with Crippen LogP contribution in [0.5, 0.6) is 5.75 Å². The molecule has 0 fully saturated rings. The average molecular weight is 566 g/mol. The third-order valence-corrected chi connectivity index (χ3v) is 7.13. The number of nitrogens with zero attached hydrogens (tertiary/aromatic N) is 4. The summed E-state index contributed by atoms with van der Waals surface area (Å²) in [6.45, 7) is 3.09. The van der Waals surface area contributed by atoms with Gasteiger partial charge in [-0.25, -0.2) is 9.37 Å². The van der Waals surface area contributed by atoms with E-state index < -0.39 is 6.23 Å². The zero-order chi connectivity index (χ0) is 29.2. The highest BCUT2D eigenvalue weighted by atomic mass is 19.1. The topological polar surface area (TPSA) is 115 Å². The number of halogens is 1. The molecule has 4 aromatic heterocycles. The Morgan fingerprint density at radius 1 is 1.00 bits per heavy atom. The van der Waals surface area contributed by atoms with Crippen molar-refractivity contribution < 1.29 is 14.2 Å². The smallest absolute Gasteiger partial charge is 0.138 e. The molecule has 1 atom stereocenters. The molecule has 0 aliphatic rings. The predicted molar refractivity (Wildman–Crippen MR) is 164 cm³/mol. The summed E-state index contributed by atoms with van der Waals surface area (Å²) in [4.78, 5) is 14.3. The van der Waals surface area contributed by atoms with Crippen LogP contribution in [0.15, 0.2) is 73.2 Å². The van der Waals surface area contributed by atoms with E-state index in [-0.39, 0.29) is 5.82 Å². The molecule has 0 aliphatic heterocycles. The second-order valence-electron chi connectivity index (χ2n) is 10.5. The molecule has 0 bridgehead atoms. The molecular weight excluding hydrogens is 533 g/mol. The summed E-state index contributed by atoms with van der Waals surface area (Å²) in [7, 11) is 3.93. The summed E-state index contributed by atoms with van der Waals surface area (Å²) in [6.07, 6.45) is 5.14. The molecule has 0 spiro atoms. The minimum atomic E-state index is -0.639. The Labute approximate surface area is 242 Å². The van der Waals surface area contributed by atoms with Crippen molar-refractivity contribution in [3.8, 4) is 39.4 Å². The van der Waals surface area contributed by atoms with E-state index in [1.165, 1.54) is 12.1 Å². The molecule has 0 radical (unpaired) electrons. The van der Waals surface area contributed by atoms with E-state index in [9.17, 15) is 9.50 Å². The van der Waals surface area contributed by atoms with Gasteiger partial charge in [-0.1, -0.05) is 13.0 Å². The van der Waals surface area contributed by atoms with Crippen molar-refractivity contribution in [1.29, 1.82) is 0 Å². The van der Waals surface area contributed by atoms with Crippen molar-refractivity contribution in [2.75, 3.05) is 32.6 Å². The quantitative estimate of drug-likeness (QED) is 0.149. The highest BCUT2D eigenvalue weighted by Gasteiger charge is 2.16. The fourth-order valence-corrected chi connectivity index (χ4v) is 4.92. The fraction of sp³-hybridized carbons (Fsp3) is 0.219. The Bertz CT molecular complexity index is 1860. The molecule has 0 saturated carbocycles. The van der Waals surface area contributed by atoms with Crippen LogP contribution in [0.3, 0.4) is 0 Å². The Kier molecular flexibility index (Phi) is 7.56. The number of anilines is 1. The molecule has 214 valence electrons. The van der Waals surface area contributed by atoms with Gasteiger partial charge in [0, 0.05) is 41.3 Å². The predicted octanol–water partition coefficient (Wildman–Crippen LogP) is 6.06. The van der Waals surface area contributed by atoms with E-state index in [0.717, 1.165) is 56.6 Å². The van der Waals surface area contributed by atoms with Gasteiger partial charge in [0.2, 0.25) is 0 Å². The van der Waals surface area contributed by atoms with Gasteiger partial charge in [0.25, 0.3) is 0 Å². The Hall–Kier alpha value is -4.80. The number of likely N-dealkylation sites (N-methyl/N-ethyl adjacent to an activating group) is 1. The molecule has 42 heavy (non-hydrogen) atoms. The van der Waals surface area contributed by atoms with Crippen LogP contribution >= 0.6 is 0 Å². The zero-order valence-electron chi connectivity index (χ0n) is 23.6. The minimum Gasteiger partial charge on any atom is -0.492 e. The van der Waals surface area contributed by atoms with Crippen molar-refractivity contribution in [3.63, 3.8) is 0 Å². The van der Waals surface area contributed by atoms with Gasteiger partial charge in [-0.2, -0.15) is 5.10 Å². The summed E-state index contributed by atoms with van der Waals surface area (Å²) in [6, 6.07) is 16.7. The Morgan fingerprint density at radius 2 is 1.88 bits per heavy atom. The van der Waals surface area contributed by atoms with Gasteiger partial charge in [-0.15, -0.1) is 0 Å². The first kappa shape index (κ1) is 27.4. The van der Waals surface area contributed by atoms with Crippen LogP contribution in [-0.2, 0) is 0 Å². The molecular formula is C32H32FN7O2. The second-order valence-corrected chi connectivity index (χ2v) is 10.5. The number of aliphatic hydroxyl groups excluding tert-OH is 1. The normalized spacial score (nSPS) is 12.3. The number of H-pyrrole nitrogens is 2. The molecule has 0 amide bonds. The van der Waals surface area contributed by atoms with Gasteiger partial charge < -0.3 is 25.0 Å². The zero-order valence-corrected chi connectivity index (χ0v) is 23.6. The first-order chi connectivity index (χ1) is 20.4. The van der Waals surface area contributed by atoms with Crippen molar-refractivity contribution in [2.24, 2.45) is 0 Å². The number of pyridine rings is 2. The number of hydrogen-bond donors (Lipinski definition) is 4. The lowest BCUT2D eigenvalue weighted by Crippen LogP contribution is -2.19. The maximum absolute atomic E-state index is 14.6. The summed E-state index contributed by atoms with van der Waals surface area (Å²) in [5.74, 6) is 0.119. The molecule has 4 heterocycles. The SMILES string of the molecule is CCC(O)Nc1cncc(-c2ccc3[nH]nc(-c4cc5c(-c6cc(F)cc(OCCN(C)C)c6)ccnc5[nH]4)c3c2)c1. The van der Waals surface area contributed by atoms with E-state index in [1.807, 2.05) is 62.3 Å². The van der Waals surface area contributed by atoms with Crippen LogP contribution in [0.1, 0.15) is 13.3 Å². The lowest BCUT2D eigenvalue weighted by atomic mass is 10.0. The maximum atomic E-state index is 14.6. The molecule has 2 aromatic carbocycles. The molecule has 10 heteroatoms. The van der Waals surface area contributed by atoms with E-state index in [2.05, 4.69) is 36.5 Å². The van der Waals surface area contributed by atoms with Crippen molar-refractivity contribution >= 4 is 27.6 Å². The fourth-order valence-electron chi connectivity index (χ4n) is 4.92. The first-order valence-electron chi connectivity index (χ1n) is 13.8. The number of aromatic nitrogens is 5. The highest BCUT2D eigenvalue weighted by molar-refractivity contribution is 6.00. The molecule has 4 N–H and O–H groups in total. The van der Waals surface area contributed by atoms with E-state index in [4.69, 9.17) is 4.74 Å². The molecule has 6 aromatic rings. The molecule has 1 unspecified atom stereocenters. The van der Waals surface area contributed by atoms with E-state index in [1.54, 1.807) is 18.6 Å². The Balaban J connectivity index is 1.36. The van der Waals surface area contributed by atoms with Crippen molar-refractivity contribution in [2.45, 2.75) is 19.6 Å². The molecule has 6 rings (SSSR count). The number of fused-ring (bicyclic) bond motifs is 2. The summed E-state index contributed by atoms with van der Waals surface area (Å²) >= 11 is 0. The van der Waals surface area contributed by atoms with Crippen LogP contribution in [0.2, 0.25) is 0 Å². The summed E-state index contributed by atoms with van der Waals surface area (Å²) < 4.78 is 20.5. The van der Waals surface area contributed by atoms with Gasteiger partial charge in [-0.3, -0.25) is 10.1 Å². The summed E-state index contributed by atoms with van der Waals surface area (Å²) in [5, 5.41) is 22.6. The molecule has 0 aliphatic carbocycles. The maximum Gasteiger partial charge on any atom is 0.138 e. The second kappa shape index (κ2) is 11.6. The average Bonchev–Trinajstić information content (AvgIpc) is 3.60. The number of benzene rings is 2. The van der Waals surface area contributed by atoms with Crippen LogP contribution in [0.25, 0.3) is 55.6 Å². The minimum absolute atomic E-state index is 0.364. The molecule has 0 saturated heterocycles. The standard InChI is InChI=1S/C32H32FN7O2/c1-4-30(41)36-23-12-21(17-34-18-23)19-5-6-28-27(14-19)31(39-38-28)29-16-26-25(7-8-35-32(26)37-29)20-11-22(33)15-24(13-20)42-10-9-40(2)3/h5-8,11-18,30,36,41H,4,9-10H2,1-3H3,(H,35,37)(H,38,39). The van der Waals surface area contributed by atoms with E-state index >= 15 is 0 Å². The largest absolute Gasteiger partial charge is 0.492 e. The van der Waals surface area contributed by atoms with Gasteiger partial charge in [0.1, 0.15) is 35.7 Å².